The van der Waals surface area contributed by atoms with Crippen LogP contribution in [0.15, 0.2) is 47.8 Å². The number of hydrogen-bond donors (Lipinski definition) is 1. The van der Waals surface area contributed by atoms with Crippen molar-refractivity contribution in [1.29, 1.82) is 0 Å². The number of hydrogen-bond acceptors (Lipinski definition) is 4. The van der Waals surface area contributed by atoms with Gasteiger partial charge in [0.1, 0.15) is 0 Å². The van der Waals surface area contributed by atoms with Crippen LogP contribution in [0.5, 0.6) is 0 Å². The van der Waals surface area contributed by atoms with Crippen molar-refractivity contribution < 1.29 is 14.4 Å². The quantitative estimate of drug-likeness (QED) is 0.584. The summed E-state index contributed by atoms with van der Waals surface area (Å²) in [5.74, 6) is -0.150. The Balaban J connectivity index is 1.87. The lowest BCUT2D eigenvalue weighted by molar-refractivity contribution is -0.121. The molecule has 0 aliphatic carbocycles. The first-order chi connectivity index (χ1) is 12.6. The van der Waals surface area contributed by atoms with Gasteiger partial charge in [-0.15, -0.1) is 11.3 Å². The van der Waals surface area contributed by atoms with Gasteiger partial charge in [-0.25, -0.2) is 0 Å². The molecule has 1 aromatic heterocycles. The van der Waals surface area contributed by atoms with Crippen LogP contribution >= 0.6 is 11.3 Å². The molecule has 0 aliphatic heterocycles. The van der Waals surface area contributed by atoms with Crippen LogP contribution in [-0.2, 0) is 4.79 Å². The summed E-state index contributed by atoms with van der Waals surface area (Å²) < 4.78 is 0. The van der Waals surface area contributed by atoms with Crippen molar-refractivity contribution in [3.8, 4) is 0 Å². The Labute approximate surface area is 158 Å². The molecule has 0 saturated heterocycles. The zero-order valence-electron chi connectivity index (χ0n) is 15.1. The van der Waals surface area contributed by atoms with Crippen LogP contribution < -0.4 is 5.32 Å². The molecule has 1 N–H and O–H groups in total. The molecule has 0 bridgehead atoms. The summed E-state index contributed by atoms with van der Waals surface area (Å²) in [6, 6.07) is 12.1. The highest BCUT2D eigenvalue weighted by Crippen LogP contribution is 2.14. The molecule has 0 saturated carbocycles. The fourth-order valence-electron chi connectivity index (χ4n) is 2.71. The summed E-state index contributed by atoms with van der Waals surface area (Å²) in [4.78, 5) is 37.7. The summed E-state index contributed by atoms with van der Waals surface area (Å²) in [6.07, 6.45) is 3.65. The summed E-state index contributed by atoms with van der Waals surface area (Å²) in [5, 5.41) is 4.74. The standard InChI is InChI=1S/C21H25NO3S/c1-2-3-11-17(22-21(25)16-9-5-4-6-10-16)18(23)12-7-13-19(24)20-14-8-15-26-20/h4-6,8-10,14-15,17H,2-3,7,11-13H2,1H3,(H,22,25)/t17-/m0/s1. The Morgan fingerprint density at radius 1 is 1.00 bits per heavy atom. The second-order valence-electron chi connectivity index (χ2n) is 6.25. The maximum Gasteiger partial charge on any atom is 0.251 e. The van der Waals surface area contributed by atoms with Crippen LogP contribution in [0.4, 0.5) is 0 Å². The van der Waals surface area contributed by atoms with Gasteiger partial charge < -0.3 is 5.32 Å². The maximum absolute atomic E-state index is 12.6. The molecular weight excluding hydrogens is 346 g/mol. The molecule has 0 unspecified atom stereocenters. The van der Waals surface area contributed by atoms with Crippen LogP contribution in [0, 0.1) is 0 Å². The number of carbonyl (C=O) groups excluding carboxylic acids is 3. The first-order valence-electron chi connectivity index (χ1n) is 9.07. The normalized spacial score (nSPS) is 11.7. The van der Waals surface area contributed by atoms with Crippen LogP contribution in [0.3, 0.4) is 0 Å². The van der Waals surface area contributed by atoms with E-state index >= 15 is 0 Å². The molecule has 26 heavy (non-hydrogen) atoms. The third-order valence-corrected chi connectivity index (χ3v) is 5.11. The lowest BCUT2D eigenvalue weighted by Crippen LogP contribution is -2.40. The molecule has 0 radical (unpaired) electrons. The zero-order valence-corrected chi connectivity index (χ0v) is 15.9. The van der Waals surface area contributed by atoms with Crippen molar-refractivity contribution >= 4 is 28.8 Å². The second kappa shape index (κ2) is 10.7. The number of amides is 1. The molecule has 1 amide bonds. The molecule has 0 spiro atoms. The SMILES string of the molecule is CCCC[C@H](NC(=O)c1ccccc1)C(=O)CCCC(=O)c1cccs1. The highest BCUT2D eigenvalue weighted by atomic mass is 32.1. The molecular formula is C21H25NO3S. The molecule has 2 rings (SSSR count). The molecule has 1 atom stereocenters. The lowest BCUT2D eigenvalue weighted by atomic mass is 9.99. The number of unbranched alkanes of at least 4 members (excludes halogenated alkanes) is 1. The van der Waals surface area contributed by atoms with Gasteiger partial charge in [-0.2, -0.15) is 0 Å². The Morgan fingerprint density at radius 2 is 1.77 bits per heavy atom. The molecule has 138 valence electrons. The van der Waals surface area contributed by atoms with Gasteiger partial charge in [-0.05, 0) is 36.4 Å². The highest BCUT2D eigenvalue weighted by molar-refractivity contribution is 7.12. The van der Waals surface area contributed by atoms with Crippen LogP contribution in [0.2, 0.25) is 0 Å². The van der Waals surface area contributed by atoms with E-state index in [1.54, 1.807) is 30.3 Å². The van der Waals surface area contributed by atoms with Gasteiger partial charge in [-0.3, -0.25) is 14.4 Å². The molecule has 1 aromatic carbocycles. The smallest absolute Gasteiger partial charge is 0.251 e. The monoisotopic (exact) mass is 371 g/mol. The van der Waals surface area contributed by atoms with E-state index in [9.17, 15) is 14.4 Å². The Kier molecular flexibility index (Phi) is 8.22. The Morgan fingerprint density at radius 3 is 2.42 bits per heavy atom. The molecule has 0 fully saturated rings. The van der Waals surface area contributed by atoms with Crippen molar-refractivity contribution in [2.45, 2.75) is 51.5 Å². The average molecular weight is 372 g/mol. The van der Waals surface area contributed by atoms with E-state index in [1.165, 1.54) is 11.3 Å². The van der Waals surface area contributed by atoms with E-state index < -0.39 is 6.04 Å². The molecule has 2 aromatic rings. The van der Waals surface area contributed by atoms with Crippen LogP contribution in [-0.4, -0.2) is 23.5 Å². The van der Waals surface area contributed by atoms with Gasteiger partial charge in [0.25, 0.3) is 5.91 Å². The van der Waals surface area contributed by atoms with Crippen molar-refractivity contribution in [1.82, 2.24) is 5.32 Å². The van der Waals surface area contributed by atoms with Gasteiger partial charge in [-0.1, -0.05) is 44.0 Å². The van der Waals surface area contributed by atoms with E-state index in [1.807, 2.05) is 17.5 Å². The predicted molar refractivity (Wildman–Crippen MR) is 105 cm³/mol. The number of benzene rings is 1. The summed E-state index contributed by atoms with van der Waals surface area (Å²) in [6.45, 7) is 2.06. The first-order valence-corrected chi connectivity index (χ1v) is 9.95. The Bertz CT molecular complexity index is 710. The van der Waals surface area contributed by atoms with Crippen molar-refractivity contribution in [3.63, 3.8) is 0 Å². The topological polar surface area (TPSA) is 63.2 Å². The summed E-state index contributed by atoms with van der Waals surface area (Å²) in [5.41, 5.74) is 0.551. The minimum absolute atomic E-state index is 0.00158. The number of ketones is 2. The number of nitrogens with one attached hydrogen (secondary N) is 1. The van der Waals surface area contributed by atoms with Gasteiger partial charge in [0.05, 0.1) is 10.9 Å². The van der Waals surface area contributed by atoms with E-state index in [2.05, 4.69) is 12.2 Å². The minimum Gasteiger partial charge on any atom is -0.342 e. The van der Waals surface area contributed by atoms with Crippen LogP contribution in [0.25, 0.3) is 0 Å². The summed E-state index contributed by atoms with van der Waals surface area (Å²) >= 11 is 1.42. The van der Waals surface area contributed by atoms with E-state index in [-0.39, 0.29) is 17.5 Å². The van der Waals surface area contributed by atoms with Crippen molar-refractivity contribution in [3.05, 3.63) is 58.3 Å². The predicted octanol–water partition coefficient (Wildman–Crippen LogP) is 4.66. The Hall–Kier alpha value is -2.27. The number of carbonyl (C=O) groups is 3. The van der Waals surface area contributed by atoms with Gasteiger partial charge in [0.15, 0.2) is 11.6 Å². The van der Waals surface area contributed by atoms with Gasteiger partial charge in [0, 0.05) is 18.4 Å². The second-order valence-corrected chi connectivity index (χ2v) is 7.20. The van der Waals surface area contributed by atoms with Gasteiger partial charge in [0.2, 0.25) is 0 Å². The number of rotatable bonds is 11. The van der Waals surface area contributed by atoms with Crippen LogP contribution in [0.1, 0.15) is 65.5 Å². The number of Topliss-reactive ketones (excluding diaryl/α,β-unsaturated/α-hetero) is 2. The van der Waals surface area contributed by atoms with Crippen molar-refractivity contribution in [2.24, 2.45) is 0 Å². The van der Waals surface area contributed by atoms with E-state index in [4.69, 9.17) is 0 Å². The highest BCUT2D eigenvalue weighted by Gasteiger charge is 2.21. The molecule has 0 aliphatic rings. The third-order valence-electron chi connectivity index (χ3n) is 4.20. The molecule has 4 nitrogen and oxygen atoms in total. The first kappa shape index (κ1) is 20.0. The minimum atomic E-state index is -0.487. The largest absolute Gasteiger partial charge is 0.342 e. The maximum atomic E-state index is 12.6. The lowest BCUT2D eigenvalue weighted by Gasteiger charge is -2.17. The molecule has 1 heterocycles. The zero-order chi connectivity index (χ0) is 18.8. The van der Waals surface area contributed by atoms with E-state index in [0.29, 0.717) is 31.2 Å². The van der Waals surface area contributed by atoms with Crippen molar-refractivity contribution in [2.75, 3.05) is 0 Å². The summed E-state index contributed by atoms with van der Waals surface area (Å²) in [7, 11) is 0. The molecule has 5 heteroatoms. The average Bonchev–Trinajstić information content (AvgIpc) is 3.20. The third kappa shape index (κ3) is 6.23. The van der Waals surface area contributed by atoms with Gasteiger partial charge >= 0.3 is 0 Å². The fraction of sp³-hybridized carbons (Fsp3) is 0.381. The van der Waals surface area contributed by atoms with E-state index in [0.717, 1.165) is 17.7 Å². The number of thiophene rings is 1. The fourth-order valence-corrected chi connectivity index (χ4v) is 3.41.